The van der Waals surface area contributed by atoms with Gasteiger partial charge in [0.15, 0.2) is 34.9 Å². The Morgan fingerprint density at radius 1 is 0.145 bits per heavy atom. The SMILES string of the molecule is c1ccc(-c2nc(-c3ccccc3)nc(-c3ccc(-c4ccc5ccc6c(c5c4)c4ccccc4n6-c4ccc5c(ccc6ccccc65)c4)cc3)n2)cc1.c1ccc(-c2nc(-c3ccccc3)nc(-c3cccc(-c4ccc5ccc6c(c5c4)c4ccccc4n6-c4ccc5c(ccc6ccccc65)c4)c3)n2)cc1. The third kappa shape index (κ3) is 11.2. The average molecular weight is 1400 g/mol. The van der Waals surface area contributed by atoms with Crippen molar-refractivity contribution in [1.82, 2.24) is 39.0 Å². The van der Waals surface area contributed by atoms with E-state index in [0.29, 0.717) is 34.9 Å². The molecular weight excluding hydrogens is 1340 g/mol. The fraction of sp³-hybridized carbons (Fsp3) is 0. The minimum Gasteiger partial charge on any atom is -0.309 e. The summed E-state index contributed by atoms with van der Waals surface area (Å²) in [5.41, 5.74) is 17.3. The largest absolute Gasteiger partial charge is 0.309 e. The van der Waals surface area contributed by atoms with Crippen LogP contribution in [0.15, 0.2) is 388 Å². The van der Waals surface area contributed by atoms with E-state index in [1.165, 1.54) is 108 Å². The zero-order valence-corrected chi connectivity index (χ0v) is 59.5. The van der Waals surface area contributed by atoms with Crippen LogP contribution in [-0.4, -0.2) is 39.0 Å². The molecule has 0 unspecified atom stereocenters. The third-order valence-corrected chi connectivity index (χ3v) is 21.6. The summed E-state index contributed by atoms with van der Waals surface area (Å²) in [6.07, 6.45) is 0. The van der Waals surface area contributed by atoms with Crippen LogP contribution in [-0.2, 0) is 0 Å². The number of benzene rings is 18. The van der Waals surface area contributed by atoms with Gasteiger partial charge < -0.3 is 9.13 Å². The second-order valence-corrected chi connectivity index (χ2v) is 28.1. The molecule has 0 N–H and O–H groups in total. The van der Waals surface area contributed by atoms with Gasteiger partial charge >= 0.3 is 0 Å². The van der Waals surface area contributed by atoms with Crippen LogP contribution in [0, 0.1) is 0 Å². The van der Waals surface area contributed by atoms with Crippen molar-refractivity contribution in [2.24, 2.45) is 0 Å². The molecule has 0 amide bonds. The molecule has 4 heterocycles. The average Bonchev–Trinajstić information content (AvgIpc) is 1.57. The number of hydrogen-bond acceptors (Lipinski definition) is 6. The van der Waals surface area contributed by atoms with E-state index in [1.807, 2.05) is 121 Å². The van der Waals surface area contributed by atoms with E-state index in [2.05, 4.69) is 276 Å². The van der Waals surface area contributed by atoms with Crippen LogP contribution in [0.5, 0.6) is 0 Å². The zero-order valence-electron chi connectivity index (χ0n) is 59.5. The molecule has 0 saturated carbocycles. The molecular formula is C102H64N8. The summed E-state index contributed by atoms with van der Waals surface area (Å²) in [6, 6.07) is 138. The maximum atomic E-state index is 5.00. The van der Waals surface area contributed by atoms with Crippen molar-refractivity contribution in [3.63, 3.8) is 0 Å². The number of para-hydroxylation sites is 2. The van der Waals surface area contributed by atoms with Crippen molar-refractivity contribution in [3.05, 3.63) is 388 Å². The topological polar surface area (TPSA) is 87.2 Å². The van der Waals surface area contributed by atoms with E-state index in [0.717, 1.165) is 67.0 Å². The van der Waals surface area contributed by atoms with Gasteiger partial charge in [-0.2, -0.15) is 0 Å². The molecule has 0 atom stereocenters. The summed E-state index contributed by atoms with van der Waals surface area (Å²) in [5.74, 6) is 3.91. The summed E-state index contributed by atoms with van der Waals surface area (Å²) in [4.78, 5) is 29.6. The summed E-state index contributed by atoms with van der Waals surface area (Å²) >= 11 is 0. The molecule has 0 aliphatic heterocycles. The van der Waals surface area contributed by atoms with Crippen molar-refractivity contribution in [1.29, 1.82) is 0 Å². The van der Waals surface area contributed by atoms with Gasteiger partial charge in [-0.05, 0) is 154 Å². The first-order chi connectivity index (χ1) is 54.5. The molecule has 22 rings (SSSR count). The Bertz CT molecular complexity index is 7260. The van der Waals surface area contributed by atoms with Crippen LogP contribution >= 0.6 is 0 Å². The normalized spacial score (nSPS) is 11.6. The van der Waals surface area contributed by atoms with Gasteiger partial charge in [0.25, 0.3) is 0 Å². The minimum atomic E-state index is 0.643. The summed E-state index contributed by atoms with van der Waals surface area (Å²) in [5, 5.41) is 20.0. The fourth-order valence-electron chi connectivity index (χ4n) is 16.3. The molecule has 0 spiro atoms. The molecule has 0 aliphatic carbocycles. The van der Waals surface area contributed by atoms with Crippen LogP contribution in [0.25, 0.3) is 210 Å². The number of rotatable bonds is 10. The smallest absolute Gasteiger partial charge is 0.164 e. The van der Waals surface area contributed by atoms with Crippen molar-refractivity contribution >= 4 is 108 Å². The molecule has 0 bridgehead atoms. The van der Waals surface area contributed by atoms with E-state index in [-0.39, 0.29) is 0 Å². The van der Waals surface area contributed by atoms with Gasteiger partial charge in [0.2, 0.25) is 0 Å². The standard InChI is InChI=1S/2C51H32N4/c1-3-13-35(14-4-1)49-52-50(36-15-5-2-6-16-36)54-51(53-49)40-18-11-17-37(30-40)38-24-22-34-26-29-47-48(45(34)32-38)44-20-9-10-21-46(44)55(47)41-27-28-43-39(31-41)25-23-33-12-7-8-19-42(33)43;1-3-12-36(13-4-1)49-52-50(37-14-5-2-6-15-37)54-51(53-49)38-23-19-33(20-24-38)39-25-21-35-27-30-47-48(45(35)32-39)44-17-9-10-18-46(44)55(47)41-28-29-43-40(31-41)26-22-34-11-7-8-16-42(34)43/h2*1-32H. The first-order valence-corrected chi connectivity index (χ1v) is 37.2. The van der Waals surface area contributed by atoms with Gasteiger partial charge in [0.05, 0.1) is 22.1 Å². The first-order valence-electron chi connectivity index (χ1n) is 37.2. The number of nitrogens with zero attached hydrogens (tertiary/aromatic N) is 8. The van der Waals surface area contributed by atoms with Gasteiger partial charge in [0.1, 0.15) is 0 Å². The van der Waals surface area contributed by atoms with E-state index in [9.17, 15) is 0 Å². The predicted molar refractivity (Wildman–Crippen MR) is 457 cm³/mol. The molecule has 0 fully saturated rings. The molecule has 110 heavy (non-hydrogen) atoms. The highest BCUT2D eigenvalue weighted by atomic mass is 15.0. The Balaban J connectivity index is 0.000000140. The summed E-state index contributed by atoms with van der Waals surface area (Å²) in [6.45, 7) is 0. The Morgan fingerprint density at radius 3 is 0.864 bits per heavy atom. The summed E-state index contributed by atoms with van der Waals surface area (Å²) in [7, 11) is 0. The lowest BCUT2D eigenvalue weighted by Gasteiger charge is -2.12. The van der Waals surface area contributed by atoms with Gasteiger partial charge in [-0.1, -0.05) is 322 Å². The van der Waals surface area contributed by atoms with Crippen LogP contribution in [0.2, 0.25) is 0 Å². The molecule has 512 valence electrons. The molecule has 22 aromatic rings. The maximum Gasteiger partial charge on any atom is 0.164 e. The van der Waals surface area contributed by atoms with E-state index in [1.54, 1.807) is 0 Å². The monoisotopic (exact) mass is 1400 g/mol. The molecule has 4 aromatic heterocycles. The van der Waals surface area contributed by atoms with E-state index >= 15 is 0 Å². The van der Waals surface area contributed by atoms with Crippen molar-refractivity contribution in [3.8, 4) is 102 Å². The predicted octanol–water partition coefficient (Wildman–Crippen LogP) is 26.2. The highest BCUT2D eigenvalue weighted by Crippen LogP contribution is 2.43. The van der Waals surface area contributed by atoms with Gasteiger partial charge in [0, 0.05) is 66.3 Å². The molecule has 0 radical (unpaired) electrons. The lowest BCUT2D eigenvalue weighted by molar-refractivity contribution is 1.07. The highest BCUT2D eigenvalue weighted by molar-refractivity contribution is 6.24. The van der Waals surface area contributed by atoms with Crippen molar-refractivity contribution < 1.29 is 0 Å². The molecule has 8 nitrogen and oxygen atoms in total. The minimum absolute atomic E-state index is 0.643. The van der Waals surface area contributed by atoms with Crippen LogP contribution in [0.3, 0.4) is 0 Å². The lowest BCUT2D eigenvalue weighted by atomic mass is 9.97. The van der Waals surface area contributed by atoms with Gasteiger partial charge in [-0.25, -0.2) is 29.9 Å². The van der Waals surface area contributed by atoms with E-state index in [4.69, 9.17) is 29.9 Å². The maximum absolute atomic E-state index is 5.00. The van der Waals surface area contributed by atoms with Gasteiger partial charge in [-0.15, -0.1) is 0 Å². The zero-order chi connectivity index (χ0) is 72.6. The van der Waals surface area contributed by atoms with Crippen molar-refractivity contribution in [2.45, 2.75) is 0 Å². The molecule has 8 heteroatoms. The second kappa shape index (κ2) is 26.6. The van der Waals surface area contributed by atoms with Crippen LogP contribution < -0.4 is 0 Å². The quantitative estimate of drug-likeness (QED) is 0.127. The van der Waals surface area contributed by atoms with Crippen LogP contribution in [0.1, 0.15) is 0 Å². The number of aromatic nitrogens is 8. The molecule has 0 aliphatic rings. The lowest BCUT2D eigenvalue weighted by Crippen LogP contribution is -2.00. The fourth-order valence-corrected chi connectivity index (χ4v) is 16.3. The molecule has 0 saturated heterocycles. The van der Waals surface area contributed by atoms with E-state index < -0.39 is 0 Å². The van der Waals surface area contributed by atoms with Crippen LogP contribution in [0.4, 0.5) is 0 Å². The Labute approximate surface area is 633 Å². The number of fused-ring (bicyclic) bond motifs is 16. The Hall–Kier alpha value is -14.9. The third-order valence-electron chi connectivity index (χ3n) is 21.6. The van der Waals surface area contributed by atoms with Gasteiger partial charge in [-0.3, -0.25) is 0 Å². The second-order valence-electron chi connectivity index (χ2n) is 28.1. The highest BCUT2D eigenvalue weighted by Gasteiger charge is 2.21. The molecule has 18 aromatic carbocycles. The Kier molecular flexibility index (Phi) is 15.4. The van der Waals surface area contributed by atoms with Crippen molar-refractivity contribution in [2.75, 3.05) is 0 Å². The summed E-state index contributed by atoms with van der Waals surface area (Å²) < 4.78 is 4.84. The Morgan fingerprint density at radius 2 is 0.427 bits per heavy atom. The number of hydrogen-bond donors (Lipinski definition) is 0. The first kappa shape index (κ1) is 63.6.